The molecule has 0 saturated heterocycles. The Hall–Kier alpha value is -0.970. The van der Waals surface area contributed by atoms with Gasteiger partial charge in [-0.25, -0.2) is 4.39 Å². The minimum Gasteiger partial charge on any atom is -0.386 e. The maximum Gasteiger partial charge on any atom is 0.142 e. The summed E-state index contributed by atoms with van der Waals surface area (Å²) in [6.07, 6.45) is 1.09. The van der Waals surface area contributed by atoms with Crippen molar-refractivity contribution in [3.8, 4) is 0 Å². The minimum atomic E-state index is -0.791. The summed E-state index contributed by atoms with van der Waals surface area (Å²) in [6.45, 7) is 0. The Balaban J connectivity index is 2.19. The summed E-state index contributed by atoms with van der Waals surface area (Å²) in [4.78, 5) is 4.10. The third kappa shape index (κ3) is 3.07. The number of rotatable bonds is 3. The lowest BCUT2D eigenvalue weighted by Crippen LogP contribution is -2.05. The second-order valence-corrected chi connectivity index (χ2v) is 5.10. The van der Waals surface area contributed by atoms with E-state index in [1.165, 1.54) is 12.1 Å². The van der Waals surface area contributed by atoms with Gasteiger partial charge in [0.15, 0.2) is 0 Å². The molecule has 5 heteroatoms. The van der Waals surface area contributed by atoms with E-state index in [1.807, 2.05) is 0 Å². The molecule has 0 radical (unpaired) electrons. The van der Waals surface area contributed by atoms with Gasteiger partial charge in [-0.1, -0.05) is 17.7 Å². The zero-order chi connectivity index (χ0) is 13.1. The van der Waals surface area contributed by atoms with Crippen LogP contribution in [0.3, 0.4) is 0 Å². The van der Waals surface area contributed by atoms with Crippen LogP contribution in [0.1, 0.15) is 17.4 Å². The lowest BCUT2D eigenvalue weighted by molar-refractivity contribution is 0.172. The average Bonchev–Trinajstić information content (AvgIpc) is 2.34. The summed E-state index contributed by atoms with van der Waals surface area (Å²) in [5, 5.41) is 10.1. The fourth-order valence-electron chi connectivity index (χ4n) is 1.63. The molecule has 1 heterocycles. The molecule has 1 aromatic carbocycles. The lowest BCUT2D eigenvalue weighted by atomic mass is 10.1. The van der Waals surface area contributed by atoms with Crippen molar-refractivity contribution in [2.45, 2.75) is 12.5 Å². The molecule has 0 bridgehead atoms. The number of hydrogen-bond donors (Lipinski definition) is 1. The average molecular weight is 331 g/mol. The van der Waals surface area contributed by atoms with Crippen molar-refractivity contribution < 1.29 is 9.50 Å². The number of aliphatic hydroxyl groups is 1. The molecule has 0 aliphatic rings. The van der Waals surface area contributed by atoms with Gasteiger partial charge >= 0.3 is 0 Å². The van der Waals surface area contributed by atoms with Crippen molar-refractivity contribution in [2.75, 3.05) is 0 Å². The minimum absolute atomic E-state index is 0.0762. The first-order valence-corrected chi connectivity index (χ1v) is 6.47. The van der Waals surface area contributed by atoms with E-state index in [-0.39, 0.29) is 11.4 Å². The van der Waals surface area contributed by atoms with Crippen LogP contribution in [0, 0.1) is 5.82 Å². The van der Waals surface area contributed by atoms with Gasteiger partial charge in [-0.3, -0.25) is 4.98 Å². The number of aliphatic hydroxyl groups excluding tert-OH is 1. The van der Waals surface area contributed by atoms with Crippen LogP contribution in [0.15, 0.2) is 41.0 Å². The van der Waals surface area contributed by atoms with Crippen molar-refractivity contribution in [3.63, 3.8) is 0 Å². The van der Waals surface area contributed by atoms with E-state index in [1.54, 1.807) is 24.4 Å². The SMILES string of the molecule is OC(Cc1ccc(Cl)c(F)c1)c1ncccc1Br. The van der Waals surface area contributed by atoms with Crippen LogP contribution < -0.4 is 0 Å². The molecule has 0 saturated carbocycles. The first-order chi connectivity index (χ1) is 8.58. The topological polar surface area (TPSA) is 33.1 Å². The number of nitrogens with zero attached hydrogens (tertiary/aromatic N) is 1. The van der Waals surface area contributed by atoms with Crippen LogP contribution in [0.25, 0.3) is 0 Å². The summed E-state index contributed by atoms with van der Waals surface area (Å²) in [7, 11) is 0. The third-order valence-electron chi connectivity index (χ3n) is 2.52. The Morgan fingerprint density at radius 1 is 1.39 bits per heavy atom. The Morgan fingerprint density at radius 3 is 2.83 bits per heavy atom. The zero-order valence-electron chi connectivity index (χ0n) is 9.28. The molecule has 18 heavy (non-hydrogen) atoms. The van der Waals surface area contributed by atoms with E-state index in [4.69, 9.17) is 11.6 Å². The molecule has 0 fully saturated rings. The van der Waals surface area contributed by atoms with Crippen LogP contribution in [0.2, 0.25) is 5.02 Å². The van der Waals surface area contributed by atoms with Crippen LogP contribution in [-0.4, -0.2) is 10.1 Å². The molecule has 1 aromatic heterocycles. The fraction of sp³-hybridized carbons (Fsp3) is 0.154. The molecule has 0 amide bonds. The number of benzene rings is 1. The monoisotopic (exact) mass is 329 g/mol. The molecule has 2 rings (SSSR count). The van der Waals surface area contributed by atoms with Gasteiger partial charge in [-0.2, -0.15) is 0 Å². The fourth-order valence-corrected chi connectivity index (χ4v) is 2.27. The standard InChI is InChI=1S/C13H10BrClFNO/c14-9-2-1-5-17-13(9)12(18)7-8-3-4-10(15)11(16)6-8/h1-6,12,18H,7H2. The first kappa shape index (κ1) is 13.5. The van der Waals surface area contributed by atoms with Gasteiger partial charge in [-0.05, 0) is 45.8 Å². The first-order valence-electron chi connectivity index (χ1n) is 5.30. The quantitative estimate of drug-likeness (QED) is 0.925. The highest BCUT2D eigenvalue weighted by molar-refractivity contribution is 9.10. The summed E-state index contributed by atoms with van der Waals surface area (Å²) in [6, 6.07) is 8.05. The van der Waals surface area contributed by atoms with Gasteiger partial charge in [0.05, 0.1) is 10.7 Å². The zero-order valence-corrected chi connectivity index (χ0v) is 11.6. The Morgan fingerprint density at radius 2 is 2.17 bits per heavy atom. The number of halogens is 3. The van der Waals surface area contributed by atoms with Gasteiger partial charge < -0.3 is 5.11 Å². The molecular weight excluding hydrogens is 321 g/mol. The summed E-state index contributed by atoms with van der Waals surface area (Å²) in [5.74, 6) is -0.485. The van der Waals surface area contributed by atoms with E-state index in [9.17, 15) is 9.50 Å². The lowest BCUT2D eigenvalue weighted by Gasteiger charge is -2.11. The third-order valence-corrected chi connectivity index (χ3v) is 3.49. The largest absolute Gasteiger partial charge is 0.386 e. The highest BCUT2D eigenvalue weighted by atomic mass is 79.9. The Bertz CT molecular complexity index is 564. The van der Waals surface area contributed by atoms with Gasteiger partial charge in [-0.15, -0.1) is 0 Å². The van der Waals surface area contributed by atoms with Crippen LogP contribution in [0.4, 0.5) is 4.39 Å². The van der Waals surface area contributed by atoms with Crippen molar-refractivity contribution in [3.05, 3.63) is 63.1 Å². The smallest absolute Gasteiger partial charge is 0.142 e. The van der Waals surface area contributed by atoms with Gasteiger partial charge in [0.2, 0.25) is 0 Å². The van der Waals surface area contributed by atoms with Crippen molar-refractivity contribution in [2.24, 2.45) is 0 Å². The predicted octanol–water partition coefficient (Wildman–Crippen LogP) is 3.91. The molecule has 94 valence electrons. The highest BCUT2D eigenvalue weighted by Gasteiger charge is 2.14. The number of aromatic nitrogens is 1. The van der Waals surface area contributed by atoms with E-state index in [0.717, 1.165) is 4.47 Å². The van der Waals surface area contributed by atoms with E-state index < -0.39 is 11.9 Å². The van der Waals surface area contributed by atoms with E-state index in [2.05, 4.69) is 20.9 Å². The van der Waals surface area contributed by atoms with Gasteiger partial charge in [0.1, 0.15) is 11.9 Å². The van der Waals surface area contributed by atoms with Crippen molar-refractivity contribution >= 4 is 27.5 Å². The van der Waals surface area contributed by atoms with Crippen molar-refractivity contribution in [1.29, 1.82) is 0 Å². The second-order valence-electron chi connectivity index (χ2n) is 3.84. The molecular formula is C13H10BrClFNO. The Labute approximate surface area is 118 Å². The molecule has 2 nitrogen and oxygen atoms in total. The maximum atomic E-state index is 13.3. The van der Waals surface area contributed by atoms with Crippen molar-refractivity contribution in [1.82, 2.24) is 4.98 Å². The molecule has 0 spiro atoms. The molecule has 1 unspecified atom stereocenters. The summed E-state index contributed by atoms with van der Waals surface area (Å²) < 4.78 is 14.0. The van der Waals surface area contributed by atoms with Crippen LogP contribution >= 0.6 is 27.5 Å². The molecule has 2 aromatic rings. The number of hydrogen-bond acceptors (Lipinski definition) is 2. The normalized spacial score (nSPS) is 12.4. The maximum absolute atomic E-state index is 13.3. The molecule has 1 N–H and O–H groups in total. The summed E-state index contributed by atoms with van der Waals surface area (Å²) in [5.41, 5.74) is 1.20. The van der Waals surface area contributed by atoms with Crippen LogP contribution in [0.5, 0.6) is 0 Å². The second kappa shape index (κ2) is 5.78. The molecule has 1 atom stereocenters. The van der Waals surface area contributed by atoms with E-state index >= 15 is 0 Å². The highest BCUT2D eigenvalue weighted by Crippen LogP contribution is 2.25. The van der Waals surface area contributed by atoms with Gasteiger partial charge in [0.25, 0.3) is 0 Å². The van der Waals surface area contributed by atoms with Gasteiger partial charge in [0, 0.05) is 17.1 Å². The molecule has 0 aliphatic heterocycles. The predicted molar refractivity (Wildman–Crippen MR) is 72.0 cm³/mol. The number of pyridine rings is 1. The van der Waals surface area contributed by atoms with E-state index in [0.29, 0.717) is 11.3 Å². The summed E-state index contributed by atoms with van der Waals surface area (Å²) >= 11 is 8.92. The Kier molecular flexibility index (Phi) is 4.32. The molecule has 0 aliphatic carbocycles. The van der Waals surface area contributed by atoms with Crippen LogP contribution in [-0.2, 0) is 6.42 Å².